The van der Waals surface area contributed by atoms with Gasteiger partial charge in [0.2, 0.25) is 0 Å². The molecule has 0 aliphatic heterocycles. The molecule has 1 N–H and O–H groups in total. The number of hydrazone groups is 1. The van der Waals surface area contributed by atoms with Crippen molar-refractivity contribution in [1.29, 1.82) is 0 Å². The molecule has 0 amide bonds. The van der Waals surface area contributed by atoms with Crippen LogP contribution in [0.25, 0.3) is 0 Å². The molecule has 0 atom stereocenters. The number of hydrogen-bond acceptors (Lipinski definition) is 5. The van der Waals surface area contributed by atoms with Crippen molar-refractivity contribution >= 4 is 32.2 Å². The van der Waals surface area contributed by atoms with Crippen molar-refractivity contribution < 1.29 is 17.9 Å². The van der Waals surface area contributed by atoms with Crippen LogP contribution in [-0.2, 0) is 10.0 Å². The zero-order chi connectivity index (χ0) is 19.7. The number of unbranched alkanes of at least 4 members (excludes halogenated alkanes) is 2. The SMILES string of the molecule is CCCCCOc1ccc(/C=N/NS(=O)(=O)c2ccc(Br)cc2)cc1OC. The first-order valence-corrected chi connectivity index (χ1v) is 10.8. The van der Waals surface area contributed by atoms with Gasteiger partial charge in [0.05, 0.1) is 24.8 Å². The third-order valence-electron chi connectivity index (χ3n) is 3.70. The van der Waals surface area contributed by atoms with Crippen LogP contribution in [-0.4, -0.2) is 28.3 Å². The predicted molar refractivity (Wildman–Crippen MR) is 110 cm³/mol. The van der Waals surface area contributed by atoms with E-state index >= 15 is 0 Å². The Kier molecular flexibility index (Phi) is 8.12. The summed E-state index contributed by atoms with van der Waals surface area (Å²) in [5.41, 5.74) is 0.686. The molecule has 0 radical (unpaired) electrons. The molecular formula is C19H23BrN2O4S. The second-order valence-corrected chi connectivity index (χ2v) is 8.35. The van der Waals surface area contributed by atoms with Crippen LogP contribution in [0.15, 0.2) is 56.9 Å². The third kappa shape index (κ3) is 6.55. The van der Waals surface area contributed by atoms with Crippen LogP contribution in [0.5, 0.6) is 11.5 Å². The molecule has 0 bridgehead atoms. The lowest BCUT2D eigenvalue weighted by molar-refractivity contribution is 0.286. The van der Waals surface area contributed by atoms with E-state index in [-0.39, 0.29) is 4.90 Å². The van der Waals surface area contributed by atoms with Crippen molar-refractivity contribution in [2.24, 2.45) is 5.10 Å². The zero-order valence-electron chi connectivity index (χ0n) is 15.3. The van der Waals surface area contributed by atoms with E-state index in [0.29, 0.717) is 23.7 Å². The summed E-state index contributed by atoms with van der Waals surface area (Å²) in [6.07, 6.45) is 4.65. The summed E-state index contributed by atoms with van der Waals surface area (Å²) in [6, 6.07) is 11.6. The highest BCUT2D eigenvalue weighted by Crippen LogP contribution is 2.27. The molecule has 2 aromatic rings. The van der Waals surface area contributed by atoms with Gasteiger partial charge in [-0.1, -0.05) is 35.7 Å². The summed E-state index contributed by atoms with van der Waals surface area (Å²) in [5.74, 6) is 1.23. The van der Waals surface area contributed by atoms with Crippen LogP contribution in [0.1, 0.15) is 31.7 Å². The smallest absolute Gasteiger partial charge is 0.276 e. The molecule has 0 aromatic heterocycles. The number of benzene rings is 2. The largest absolute Gasteiger partial charge is 0.493 e. The van der Waals surface area contributed by atoms with E-state index < -0.39 is 10.0 Å². The van der Waals surface area contributed by atoms with Crippen molar-refractivity contribution in [2.75, 3.05) is 13.7 Å². The Balaban J connectivity index is 2.02. The summed E-state index contributed by atoms with van der Waals surface area (Å²) in [4.78, 5) is 2.33. The molecule has 2 rings (SSSR count). The number of nitrogens with one attached hydrogen (secondary N) is 1. The topological polar surface area (TPSA) is 77.0 Å². The maximum Gasteiger partial charge on any atom is 0.276 e. The van der Waals surface area contributed by atoms with E-state index in [1.165, 1.54) is 18.3 Å². The normalized spacial score (nSPS) is 11.5. The lowest BCUT2D eigenvalue weighted by atomic mass is 10.2. The quantitative estimate of drug-likeness (QED) is 0.329. The van der Waals surface area contributed by atoms with E-state index in [9.17, 15) is 8.42 Å². The van der Waals surface area contributed by atoms with Crippen molar-refractivity contribution in [2.45, 2.75) is 31.1 Å². The van der Waals surface area contributed by atoms with E-state index in [1.54, 1.807) is 37.4 Å². The highest BCUT2D eigenvalue weighted by molar-refractivity contribution is 9.10. The molecule has 0 heterocycles. The Morgan fingerprint density at radius 2 is 1.85 bits per heavy atom. The number of nitrogens with zero attached hydrogens (tertiary/aromatic N) is 1. The highest BCUT2D eigenvalue weighted by Gasteiger charge is 2.12. The van der Waals surface area contributed by atoms with Gasteiger partial charge in [-0.25, -0.2) is 4.83 Å². The van der Waals surface area contributed by atoms with Crippen LogP contribution in [0.2, 0.25) is 0 Å². The molecule has 0 aliphatic rings. The number of rotatable bonds is 10. The predicted octanol–water partition coefficient (Wildman–Crippen LogP) is 4.34. The van der Waals surface area contributed by atoms with Crippen LogP contribution in [0, 0.1) is 0 Å². The van der Waals surface area contributed by atoms with Crippen molar-refractivity contribution in [3.8, 4) is 11.5 Å². The van der Waals surface area contributed by atoms with Crippen molar-refractivity contribution in [3.63, 3.8) is 0 Å². The highest BCUT2D eigenvalue weighted by atomic mass is 79.9. The molecule has 0 fully saturated rings. The third-order valence-corrected chi connectivity index (χ3v) is 5.47. The van der Waals surface area contributed by atoms with Gasteiger partial charge in [-0.3, -0.25) is 0 Å². The van der Waals surface area contributed by atoms with Gasteiger partial charge in [-0.05, 0) is 54.4 Å². The van der Waals surface area contributed by atoms with Gasteiger partial charge < -0.3 is 9.47 Å². The van der Waals surface area contributed by atoms with Gasteiger partial charge in [-0.15, -0.1) is 0 Å². The Bertz CT molecular complexity index is 868. The molecule has 146 valence electrons. The van der Waals surface area contributed by atoms with Crippen molar-refractivity contribution in [3.05, 3.63) is 52.5 Å². The number of halogens is 1. The monoisotopic (exact) mass is 454 g/mol. The first-order valence-electron chi connectivity index (χ1n) is 8.57. The molecule has 0 aliphatic carbocycles. The molecule has 2 aromatic carbocycles. The first kappa shape index (κ1) is 21.2. The van der Waals surface area contributed by atoms with Gasteiger partial charge in [0, 0.05) is 4.47 Å². The van der Waals surface area contributed by atoms with E-state index in [1.807, 2.05) is 0 Å². The van der Waals surface area contributed by atoms with Crippen LogP contribution >= 0.6 is 15.9 Å². The minimum absolute atomic E-state index is 0.135. The maximum atomic E-state index is 12.2. The number of methoxy groups -OCH3 is 1. The fraction of sp³-hybridized carbons (Fsp3) is 0.316. The lowest BCUT2D eigenvalue weighted by Crippen LogP contribution is -2.18. The molecule has 8 heteroatoms. The second-order valence-electron chi connectivity index (χ2n) is 5.77. The zero-order valence-corrected chi connectivity index (χ0v) is 17.7. The first-order chi connectivity index (χ1) is 13.0. The van der Waals surface area contributed by atoms with E-state index in [0.717, 1.165) is 23.7 Å². The molecule has 0 saturated carbocycles. The minimum atomic E-state index is -3.71. The fourth-order valence-corrected chi connectivity index (χ4v) is 3.31. The Labute approximate surface area is 168 Å². The Hall–Kier alpha value is -2.06. The Morgan fingerprint density at radius 1 is 1.11 bits per heavy atom. The molecule has 6 nitrogen and oxygen atoms in total. The molecule has 0 spiro atoms. The average molecular weight is 455 g/mol. The van der Waals surface area contributed by atoms with E-state index in [4.69, 9.17) is 9.47 Å². The molecular weight excluding hydrogens is 432 g/mol. The number of hydrogen-bond donors (Lipinski definition) is 1. The molecule has 0 saturated heterocycles. The summed E-state index contributed by atoms with van der Waals surface area (Å²) in [6.45, 7) is 2.77. The summed E-state index contributed by atoms with van der Waals surface area (Å²) in [5, 5.41) is 3.83. The fourth-order valence-electron chi connectivity index (χ4n) is 2.25. The summed E-state index contributed by atoms with van der Waals surface area (Å²) >= 11 is 3.27. The molecule has 27 heavy (non-hydrogen) atoms. The van der Waals surface area contributed by atoms with Crippen LogP contribution in [0.3, 0.4) is 0 Å². The lowest BCUT2D eigenvalue weighted by Gasteiger charge is -2.11. The summed E-state index contributed by atoms with van der Waals surface area (Å²) in [7, 11) is -2.15. The van der Waals surface area contributed by atoms with Gasteiger partial charge in [0.1, 0.15) is 0 Å². The average Bonchev–Trinajstić information content (AvgIpc) is 2.66. The van der Waals surface area contributed by atoms with E-state index in [2.05, 4.69) is 32.8 Å². The molecule has 0 unspecified atom stereocenters. The van der Waals surface area contributed by atoms with Crippen LogP contribution < -0.4 is 14.3 Å². The number of ether oxygens (including phenoxy) is 2. The van der Waals surface area contributed by atoms with Gasteiger partial charge >= 0.3 is 0 Å². The standard InChI is InChI=1S/C19H23BrN2O4S/c1-3-4-5-12-26-18-11-6-15(13-19(18)25-2)14-21-22-27(23,24)17-9-7-16(20)8-10-17/h6-11,13-14,22H,3-5,12H2,1-2H3/b21-14+. The minimum Gasteiger partial charge on any atom is -0.493 e. The van der Waals surface area contributed by atoms with Gasteiger partial charge in [-0.2, -0.15) is 13.5 Å². The summed E-state index contributed by atoms with van der Waals surface area (Å²) < 4.78 is 36.3. The maximum absolute atomic E-state index is 12.2. The Morgan fingerprint density at radius 3 is 2.52 bits per heavy atom. The van der Waals surface area contributed by atoms with Gasteiger partial charge in [0.25, 0.3) is 10.0 Å². The number of sulfonamides is 1. The second kappa shape index (κ2) is 10.3. The van der Waals surface area contributed by atoms with Crippen LogP contribution in [0.4, 0.5) is 0 Å². The van der Waals surface area contributed by atoms with Crippen molar-refractivity contribution in [1.82, 2.24) is 4.83 Å². The van der Waals surface area contributed by atoms with Gasteiger partial charge in [0.15, 0.2) is 11.5 Å².